The molecule has 0 atom stereocenters. The number of nitrogens with zero attached hydrogens (tertiary/aromatic N) is 6. The number of pyridine rings is 1. The van der Waals surface area contributed by atoms with Gasteiger partial charge in [0.2, 0.25) is 0 Å². The van der Waals surface area contributed by atoms with Crippen molar-refractivity contribution < 1.29 is 69.2 Å². The largest absolute Gasteiger partial charge is 0.490 e. The first-order valence-electron chi connectivity index (χ1n) is 13.8. The van der Waals surface area contributed by atoms with E-state index < -0.39 is 36.4 Å². The molecule has 1 saturated heterocycles. The molecule has 3 N–H and O–H groups in total. The maximum atomic E-state index is 10.6. The van der Waals surface area contributed by atoms with Gasteiger partial charge in [-0.3, -0.25) is 14.3 Å². The molecule has 21 heteroatoms. The number of carboxylic acid groups (broad SMARTS) is 3. The minimum Gasteiger partial charge on any atom is -0.475 e. The van der Waals surface area contributed by atoms with Gasteiger partial charge in [0.05, 0.1) is 11.9 Å². The van der Waals surface area contributed by atoms with Crippen molar-refractivity contribution in [3.8, 4) is 11.3 Å². The number of hydrogen-bond acceptors (Lipinski definition) is 8. The predicted molar refractivity (Wildman–Crippen MR) is 156 cm³/mol. The number of benzene rings is 1. The molecular formula is C29H27F9N6O6. The van der Waals surface area contributed by atoms with Gasteiger partial charge < -0.3 is 20.2 Å². The Bertz CT molecular complexity index is 1670. The summed E-state index contributed by atoms with van der Waals surface area (Å²) in [7, 11) is 0. The molecule has 50 heavy (non-hydrogen) atoms. The van der Waals surface area contributed by atoms with Gasteiger partial charge in [0.1, 0.15) is 0 Å². The van der Waals surface area contributed by atoms with Gasteiger partial charge in [-0.25, -0.2) is 24.4 Å². The molecule has 1 aliphatic rings. The van der Waals surface area contributed by atoms with E-state index in [4.69, 9.17) is 34.7 Å². The highest BCUT2D eigenvalue weighted by atomic mass is 19.4. The van der Waals surface area contributed by atoms with Gasteiger partial charge in [0, 0.05) is 63.1 Å². The van der Waals surface area contributed by atoms with E-state index in [9.17, 15) is 39.5 Å². The number of aryl methyl sites for hydroxylation is 1. The molecule has 0 radical (unpaired) electrons. The lowest BCUT2D eigenvalue weighted by Gasteiger charge is -2.35. The summed E-state index contributed by atoms with van der Waals surface area (Å²) in [5, 5.41) is 21.4. The van der Waals surface area contributed by atoms with Crippen LogP contribution in [-0.2, 0) is 20.9 Å². The number of aliphatic carboxylic acids is 3. The van der Waals surface area contributed by atoms with Crippen LogP contribution in [-0.4, -0.2) is 102 Å². The van der Waals surface area contributed by atoms with Crippen LogP contribution in [0.1, 0.15) is 11.1 Å². The molecule has 0 unspecified atom stereocenters. The van der Waals surface area contributed by atoms with Crippen molar-refractivity contribution in [1.82, 2.24) is 24.3 Å². The van der Waals surface area contributed by atoms with Crippen LogP contribution >= 0.6 is 0 Å². The highest BCUT2D eigenvalue weighted by molar-refractivity contribution is 5.74. The normalized spacial score (nSPS) is 13.5. The number of carbonyl (C=O) groups is 3. The van der Waals surface area contributed by atoms with E-state index in [1.54, 1.807) is 0 Å². The van der Waals surface area contributed by atoms with Gasteiger partial charge in [0.25, 0.3) is 0 Å². The van der Waals surface area contributed by atoms with E-state index in [-0.39, 0.29) is 0 Å². The summed E-state index contributed by atoms with van der Waals surface area (Å²) in [6, 6.07) is 12.8. The molecule has 1 aromatic carbocycles. The number of rotatable bonds is 4. The Morgan fingerprint density at radius 2 is 1.24 bits per heavy atom. The lowest BCUT2D eigenvalue weighted by molar-refractivity contribution is -0.193. The second kappa shape index (κ2) is 17.3. The number of halogens is 9. The molecular weight excluding hydrogens is 699 g/mol. The molecule has 0 amide bonds. The SMILES string of the molecule is Cc1cccc(CN2CCN(c3nccn4c(-c5ccncc5)cnc34)CC2)c1.O=C(O)C(F)(F)F.O=C(O)C(F)(F)F.O=C(O)C(F)(F)F. The fourth-order valence-corrected chi connectivity index (χ4v) is 4.05. The molecule has 3 aromatic heterocycles. The first kappa shape index (κ1) is 40.7. The predicted octanol–water partition coefficient (Wildman–Crippen LogP) is 5.32. The van der Waals surface area contributed by atoms with Crippen molar-refractivity contribution in [2.75, 3.05) is 31.1 Å². The van der Waals surface area contributed by atoms with Crippen LogP contribution in [0, 0.1) is 6.92 Å². The first-order chi connectivity index (χ1) is 23.1. The van der Waals surface area contributed by atoms with Crippen molar-refractivity contribution in [3.63, 3.8) is 0 Å². The van der Waals surface area contributed by atoms with Gasteiger partial charge in [0.15, 0.2) is 11.5 Å². The molecule has 4 heterocycles. The van der Waals surface area contributed by atoms with E-state index in [2.05, 4.69) is 55.4 Å². The Morgan fingerprint density at radius 1 is 0.740 bits per heavy atom. The molecule has 1 fully saturated rings. The molecule has 4 aromatic rings. The Morgan fingerprint density at radius 3 is 1.70 bits per heavy atom. The molecule has 272 valence electrons. The monoisotopic (exact) mass is 726 g/mol. The summed E-state index contributed by atoms with van der Waals surface area (Å²) >= 11 is 0. The number of imidazole rings is 1. The van der Waals surface area contributed by atoms with Crippen LogP contribution in [0.3, 0.4) is 0 Å². The molecule has 0 saturated carbocycles. The van der Waals surface area contributed by atoms with E-state index in [1.807, 2.05) is 43.1 Å². The minimum atomic E-state index is -5.08. The van der Waals surface area contributed by atoms with E-state index in [0.29, 0.717) is 0 Å². The molecule has 0 bridgehead atoms. The van der Waals surface area contributed by atoms with Gasteiger partial charge in [-0.2, -0.15) is 39.5 Å². The van der Waals surface area contributed by atoms with Crippen LogP contribution in [0.25, 0.3) is 16.9 Å². The second-order valence-corrected chi connectivity index (χ2v) is 9.98. The third kappa shape index (κ3) is 12.9. The van der Waals surface area contributed by atoms with Crippen LogP contribution in [0.5, 0.6) is 0 Å². The zero-order chi connectivity index (χ0) is 37.9. The second-order valence-electron chi connectivity index (χ2n) is 9.98. The van der Waals surface area contributed by atoms with Crippen molar-refractivity contribution in [2.45, 2.75) is 32.0 Å². The molecule has 5 rings (SSSR count). The van der Waals surface area contributed by atoms with E-state index >= 15 is 0 Å². The number of hydrogen-bond donors (Lipinski definition) is 3. The molecule has 1 aliphatic heterocycles. The lowest BCUT2D eigenvalue weighted by atomic mass is 10.1. The van der Waals surface area contributed by atoms with Crippen LogP contribution in [0.2, 0.25) is 0 Å². The summed E-state index contributed by atoms with van der Waals surface area (Å²) in [5.74, 6) is -7.31. The number of anilines is 1. The Kier molecular flexibility index (Phi) is 14.1. The van der Waals surface area contributed by atoms with Crippen molar-refractivity contribution in [2.24, 2.45) is 0 Å². The van der Waals surface area contributed by atoms with Crippen molar-refractivity contribution in [3.05, 3.63) is 78.5 Å². The lowest BCUT2D eigenvalue weighted by Crippen LogP contribution is -2.46. The van der Waals surface area contributed by atoms with Gasteiger partial charge in [-0.05, 0) is 24.6 Å². The van der Waals surface area contributed by atoms with E-state index in [0.717, 1.165) is 55.4 Å². The Hall–Kier alpha value is -5.47. The summed E-state index contributed by atoms with van der Waals surface area (Å²) in [4.78, 5) is 45.0. The number of fused-ring (bicyclic) bond motifs is 1. The third-order valence-electron chi connectivity index (χ3n) is 6.27. The molecule has 0 aliphatic carbocycles. The fourth-order valence-electron chi connectivity index (χ4n) is 4.05. The van der Waals surface area contributed by atoms with E-state index in [1.165, 1.54) is 11.1 Å². The quantitative estimate of drug-likeness (QED) is 0.234. The number of carboxylic acids is 3. The van der Waals surface area contributed by atoms with Gasteiger partial charge in [-0.15, -0.1) is 0 Å². The summed E-state index contributed by atoms with van der Waals surface area (Å²) in [6.07, 6.45) is -5.86. The number of aromatic nitrogens is 4. The van der Waals surface area contributed by atoms with Crippen LogP contribution < -0.4 is 4.90 Å². The highest BCUT2D eigenvalue weighted by Crippen LogP contribution is 2.26. The smallest absolute Gasteiger partial charge is 0.475 e. The maximum Gasteiger partial charge on any atom is 0.490 e. The summed E-state index contributed by atoms with van der Waals surface area (Å²) < 4.78 is 97.3. The average molecular weight is 727 g/mol. The Balaban J connectivity index is 0.000000338. The topological polar surface area (TPSA) is 161 Å². The van der Waals surface area contributed by atoms with Crippen molar-refractivity contribution in [1.29, 1.82) is 0 Å². The van der Waals surface area contributed by atoms with Gasteiger partial charge >= 0.3 is 36.4 Å². The molecule has 12 nitrogen and oxygen atoms in total. The minimum absolute atomic E-state index is 0.909. The van der Waals surface area contributed by atoms with Crippen LogP contribution in [0.15, 0.2) is 67.4 Å². The fraction of sp³-hybridized carbons (Fsp3) is 0.310. The standard InChI is InChI=1S/C23H24N6.3C2HF3O2/c1-18-3-2-4-19(15-18)17-27-11-13-28(14-12-27)22-23-26-16-21(29(23)10-9-25-22)20-5-7-24-8-6-20;3*3-2(4,5)1(6)7/h2-10,15-16H,11-14,17H2,1H3;3*(H,6,7). The first-order valence-corrected chi connectivity index (χ1v) is 13.8. The molecule has 0 spiro atoms. The number of alkyl halides is 9. The zero-order valence-electron chi connectivity index (χ0n) is 25.5. The average Bonchev–Trinajstić information content (AvgIpc) is 3.46. The Labute approximate surface area is 276 Å². The number of piperazine rings is 1. The van der Waals surface area contributed by atoms with Crippen LogP contribution in [0.4, 0.5) is 45.3 Å². The maximum absolute atomic E-state index is 10.6. The summed E-state index contributed by atoms with van der Waals surface area (Å²) in [6.45, 7) is 7.11. The summed E-state index contributed by atoms with van der Waals surface area (Å²) in [5.41, 5.74) is 5.78. The third-order valence-corrected chi connectivity index (χ3v) is 6.27. The van der Waals surface area contributed by atoms with Gasteiger partial charge in [-0.1, -0.05) is 29.8 Å². The zero-order valence-corrected chi connectivity index (χ0v) is 25.5. The highest BCUT2D eigenvalue weighted by Gasteiger charge is 2.39. The van der Waals surface area contributed by atoms with Crippen molar-refractivity contribution >= 4 is 29.4 Å².